The average molecular weight is 242 g/mol. The number of rotatable bonds is 5. The Kier molecular flexibility index (Phi) is 4.18. The van der Waals surface area contributed by atoms with E-state index in [1.807, 2.05) is 24.4 Å². The Labute approximate surface area is 108 Å². The number of pyridine rings is 1. The molecule has 1 heterocycles. The van der Waals surface area contributed by atoms with Crippen LogP contribution in [0.5, 0.6) is 5.75 Å². The van der Waals surface area contributed by atoms with Crippen molar-refractivity contribution in [1.82, 2.24) is 4.98 Å². The summed E-state index contributed by atoms with van der Waals surface area (Å²) in [5.74, 6) is 0.876. The molecule has 0 saturated heterocycles. The fraction of sp³-hybridized carbons (Fsp3) is 0.267. The predicted molar refractivity (Wildman–Crippen MR) is 74.5 cm³/mol. The van der Waals surface area contributed by atoms with Crippen molar-refractivity contribution in [3.05, 3.63) is 48.8 Å². The second-order valence-electron chi connectivity index (χ2n) is 4.06. The highest BCUT2D eigenvalue weighted by atomic mass is 16.5. The van der Waals surface area contributed by atoms with Gasteiger partial charge in [-0.15, -0.1) is 0 Å². The molecule has 0 saturated carbocycles. The maximum atomic E-state index is 5.18. The number of methoxy groups -OCH3 is 1. The van der Waals surface area contributed by atoms with E-state index in [-0.39, 0.29) is 0 Å². The Morgan fingerprint density at radius 3 is 2.44 bits per heavy atom. The topological polar surface area (TPSA) is 25.4 Å². The highest BCUT2D eigenvalue weighted by Crippen LogP contribution is 2.26. The van der Waals surface area contributed by atoms with Crippen LogP contribution in [0.15, 0.2) is 48.8 Å². The molecule has 3 nitrogen and oxygen atoms in total. The smallest absolute Gasteiger partial charge is 0.119 e. The fourth-order valence-electron chi connectivity index (χ4n) is 1.91. The first-order valence-corrected chi connectivity index (χ1v) is 6.16. The van der Waals surface area contributed by atoms with Crippen LogP contribution in [0.1, 0.15) is 13.3 Å². The molecule has 0 bridgehead atoms. The zero-order chi connectivity index (χ0) is 12.8. The Balaban J connectivity index is 2.29. The van der Waals surface area contributed by atoms with Crippen molar-refractivity contribution in [3.8, 4) is 5.75 Å². The normalized spacial score (nSPS) is 10.1. The summed E-state index contributed by atoms with van der Waals surface area (Å²) in [5, 5.41) is 0. The lowest BCUT2D eigenvalue weighted by atomic mass is 10.2. The lowest BCUT2D eigenvalue weighted by molar-refractivity contribution is 0.415. The zero-order valence-electron chi connectivity index (χ0n) is 10.8. The van der Waals surface area contributed by atoms with Crippen molar-refractivity contribution in [2.24, 2.45) is 0 Å². The summed E-state index contributed by atoms with van der Waals surface area (Å²) < 4.78 is 5.18. The van der Waals surface area contributed by atoms with Crippen LogP contribution in [-0.2, 0) is 0 Å². The Hall–Kier alpha value is -2.03. The molecule has 0 aliphatic heterocycles. The van der Waals surface area contributed by atoms with E-state index in [4.69, 9.17) is 4.74 Å². The largest absolute Gasteiger partial charge is 0.497 e. The molecular weight excluding hydrogens is 224 g/mol. The first-order valence-electron chi connectivity index (χ1n) is 6.16. The molecule has 0 unspecified atom stereocenters. The Morgan fingerprint density at radius 1 is 1.11 bits per heavy atom. The lowest BCUT2D eigenvalue weighted by Crippen LogP contribution is -2.17. The number of nitrogens with zero attached hydrogens (tertiary/aromatic N) is 2. The maximum Gasteiger partial charge on any atom is 0.119 e. The number of hydrogen-bond acceptors (Lipinski definition) is 3. The van der Waals surface area contributed by atoms with Crippen LogP contribution in [0.4, 0.5) is 11.4 Å². The molecule has 18 heavy (non-hydrogen) atoms. The highest BCUT2D eigenvalue weighted by molar-refractivity contribution is 5.62. The van der Waals surface area contributed by atoms with E-state index in [0.29, 0.717) is 0 Å². The van der Waals surface area contributed by atoms with Gasteiger partial charge in [0, 0.05) is 18.4 Å². The van der Waals surface area contributed by atoms with Gasteiger partial charge in [0.05, 0.1) is 19.0 Å². The summed E-state index contributed by atoms with van der Waals surface area (Å²) in [4.78, 5) is 6.44. The van der Waals surface area contributed by atoms with Gasteiger partial charge in [0.1, 0.15) is 5.75 Å². The van der Waals surface area contributed by atoms with Crippen LogP contribution in [0, 0.1) is 0 Å². The third-order valence-electron chi connectivity index (χ3n) is 2.79. The molecular formula is C15H18N2O. The van der Waals surface area contributed by atoms with E-state index < -0.39 is 0 Å². The fourth-order valence-corrected chi connectivity index (χ4v) is 1.91. The van der Waals surface area contributed by atoms with Gasteiger partial charge in [-0.2, -0.15) is 0 Å². The number of aromatic nitrogens is 1. The van der Waals surface area contributed by atoms with Crippen molar-refractivity contribution >= 4 is 11.4 Å². The SMILES string of the molecule is CCCN(c1ccc(OC)cc1)c1cccnc1. The minimum atomic E-state index is 0.876. The van der Waals surface area contributed by atoms with Crippen LogP contribution in [0.3, 0.4) is 0 Å². The summed E-state index contributed by atoms with van der Waals surface area (Å²) in [6.07, 6.45) is 4.77. The molecule has 0 atom stereocenters. The minimum absolute atomic E-state index is 0.876. The standard InChI is InChI=1S/C15H18N2O/c1-3-11-17(14-5-4-10-16-12-14)13-6-8-15(18-2)9-7-13/h4-10,12H,3,11H2,1-2H3. The van der Waals surface area contributed by atoms with Gasteiger partial charge in [0.15, 0.2) is 0 Å². The van der Waals surface area contributed by atoms with Crippen molar-refractivity contribution in [1.29, 1.82) is 0 Å². The molecule has 2 aromatic rings. The summed E-state index contributed by atoms with van der Waals surface area (Å²) >= 11 is 0. The molecule has 1 aromatic carbocycles. The van der Waals surface area contributed by atoms with E-state index in [1.54, 1.807) is 13.3 Å². The number of benzene rings is 1. The summed E-state index contributed by atoms with van der Waals surface area (Å²) in [7, 11) is 1.68. The molecule has 3 heteroatoms. The molecule has 94 valence electrons. The van der Waals surface area contributed by atoms with Gasteiger partial charge in [-0.05, 0) is 42.8 Å². The molecule has 0 radical (unpaired) electrons. The second-order valence-corrected chi connectivity index (χ2v) is 4.06. The van der Waals surface area contributed by atoms with Gasteiger partial charge in [-0.1, -0.05) is 6.92 Å². The molecule has 0 aliphatic rings. The third kappa shape index (κ3) is 2.80. The molecule has 2 rings (SSSR count). The lowest BCUT2D eigenvalue weighted by Gasteiger charge is -2.24. The summed E-state index contributed by atoms with van der Waals surface area (Å²) in [6.45, 7) is 3.14. The zero-order valence-corrected chi connectivity index (χ0v) is 10.8. The van der Waals surface area contributed by atoms with Crippen molar-refractivity contribution in [3.63, 3.8) is 0 Å². The van der Waals surface area contributed by atoms with Gasteiger partial charge >= 0.3 is 0 Å². The van der Waals surface area contributed by atoms with Crippen LogP contribution in [0.25, 0.3) is 0 Å². The molecule has 1 aromatic heterocycles. The Morgan fingerprint density at radius 2 is 1.89 bits per heavy atom. The van der Waals surface area contributed by atoms with Gasteiger partial charge < -0.3 is 9.64 Å². The monoisotopic (exact) mass is 242 g/mol. The minimum Gasteiger partial charge on any atom is -0.497 e. The summed E-state index contributed by atoms with van der Waals surface area (Å²) in [6, 6.07) is 12.1. The first-order chi connectivity index (χ1) is 8.85. The third-order valence-corrected chi connectivity index (χ3v) is 2.79. The maximum absolute atomic E-state index is 5.18. The number of hydrogen-bond donors (Lipinski definition) is 0. The van der Waals surface area contributed by atoms with E-state index >= 15 is 0 Å². The average Bonchev–Trinajstić information content (AvgIpc) is 2.46. The first kappa shape index (κ1) is 12.4. The molecule has 0 N–H and O–H groups in total. The number of anilines is 2. The molecule has 0 spiro atoms. The van der Waals surface area contributed by atoms with E-state index in [9.17, 15) is 0 Å². The van der Waals surface area contributed by atoms with Crippen molar-refractivity contribution in [2.75, 3.05) is 18.6 Å². The molecule has 0 aliphatic carbocycles. The quantitative estimate of drug-likeness (QED) is 0.800. The van der Waals surface area contributed by atoms with Crippen LogP contribution in [0.2, 0.25) is 0 Å². The van der Waals surface area contributed by atoms with Crippen LogP contribution < -0.4 is 9.64 Å². The molecule has 0 fully saturated rings. The van der Waals surface area contributed by atoms with Crippen LogP contribution >= 0.6 is 0 Å². The van der Waals surface area contributed by atoms with Gasteiger partial charge in [0.2, 0.25) is 0 Å². The van der Waals surface area contributed by atoms with E-state index in [0.717, 1.165) is 30.1 Å². The predicted octanol–water partition coefficient (Wildman–Crippen LogP) is 3.64. The van der Waals surface area contributed by atoms with E-state index in [2.05, 4.69) is 35.0 Å². The molecule has 0 amide bonds. The Bertz CT molecular complexity index is 468. The van der Waals surface area contributed by atoms with Gasteiger partial charge in [-0.3, -0.25) is 4.98 Å². The van der Waals surface area contributed by atoms with Crippen molar-refractivity contribution in [2.45, 2.75) is 13.3 Å². The van der Waals surface area contributed by atoms with Crippen LogP contribution in [-0.4, -0.2) is 18.6 Å². The second kappa shape index (κ2) is 6.05. The van der Waals surface area contributed by atoms with E-state index in [1.165, 1.54) is 0 Å². The highest BCUT2D eigenvalue weighted by Gasteiger charge is 2.08. The summed E-state index contributed by atoms with van der Waals surface area (Å²) in [5.41, 5.74) is 2.27. The van der Waals surface area contributed by atoms with Crippen molar-refractivity contribution < 1.29 is 4.74 Å². The van der Waals surface area contributed by atoms with Gasteiger partial charge in [0.25, 0.3) is 0 Å². The number of ether oxygens (including phenoxy) is 1. The van der Waals surface area contributed by atoms with Gasteiger partial charge in [-0.25, -0.2) is 0 Å².